The third kappa shape index (κ3) is 3.44. The highest BCUT2D eigenvalue weighted by Crippen LogP contribution is 2.22. The monoisotopic (exact) mass is 272 g/mol. The minimum atomic E-state index is -3.63. The summed E-state index contributed by atoms with van der Waals surface area (Å²) in [5, 5.41) is 9.69. The number of hydrogen-bond acceptors (Lipinski definition) is 4. The molecule has 0 atom stereocenters. The quantitative estimate of drug-likeness (QED) is 0.800. The Balaban J connectivity index is 3.17. The van der Waals surface area contributed by atoms with Crippen LogP contribution < -0.4 is 5.73 Å². The van der Waals surface area contributed by atoms with E-state index < -0.39 is 15.6 Å². The Morgan fingerprint density at radius 2 is 1.94 bits per heavy atom. The summed E-state index contributed by atoms with van der Waals surface area (Å²) in [6.45, 7) is 4.85. The summed E-state index contributed by atoms with van der Waals surface area (Å²) in [6, 6.07) is 4.76. The van der Waals surface area contributed by atoms with Crippen LogP contribution in [0.4, 0.5) is 5.69 Å². The maximum absolute atomic E-state index is 12.3. The number of sulfonamides is 1. The van der Waals surface area contributed by atoms with E-state index in [4.69, 9.17) is 5.73 Å². The van der Waals surface area contributed by atoms with Crippen molar-refractivity contribution in [2.75, 3.05) is 19.3 Å². The lowest BCUT2D eigenvalue weighted by Gasteiger charge is -2.25. The molecule has 0 aliphatic rings. The molecule has 0 spiro atoms. The molecule has 18 heavy (non-hydrogen) atoms. The lowest BCUT2D eigenvalue weighted by atomic mass is 10.1. The topological polar surface area (TPSA) is 83.6 Å². The van der Waals surface area contributed by atoms with Gasteiger partial charge in [0, 0.05) is 19.3 Å². The molecule has 0 aliphatic carbocycles. The van der Waals surface area contributed by atoms with E-state index in [1.165, 1.54) is 13.1 Å². The Morgan fingerprint density at radius 1 is 1.39 bits per heavy atom. The van der Waals surface area contributed by atoms with Gasteiger partial charge in [0.15, 0.2) is 0 Å². The summed E-state index contributed by atoms with van der Waals surface area (Å²) >= 11 is 0. The second-order valence-electron chi connectivity index (χ2n) is 5.10. The molecule has 0 heterocycles. The summed E-state index contributed by atoms with van der Waals surface area (Å²) in [6.07, 6.45) is 0. The normalized spacial score (nSPS) is 13.0. The fraction of sp³-hybridized carbons (Fsp3) is 0.500. The van der Waals surface area contributed by atoms with E-state index in [2.05, 4.69) is 0 Å². The standard InChI is InChI=1S/C12H20N2O3S/c1-9-5-6-10(13)7-11(9)18(16,17)14(4)8-12(2,3)15/h5-7,15H,8,13H2,1-4H3. The van der Waals surface area contributed by atoms with Gasteiger partial charge in [0.05, 0.1) is 10.5 Å². The zero-order chi connectivity index (χ0) is 14.1. The first-order valence-electron chi connectivity index (χ1n) is 5.59. The average molecular weight is 272 g/mol. The molecule has 0 aromatic heterocycles. The van der Waals surface area contributed by atoms with Gasteiger partial charge in [-0.25, -0.2) is 8.42 Å². The lowest BCUT2D eigenvalue weighted by Crippen LogP contribution is -2.39. The molecule has 5 nitrogen and oxygen atoms in total. The summed E-state index contributed by atoms with van der Waals surface area (Å²) in [7, 11) is -2.19. The summed E-state index contributed by atoms with van der Waals surface area (Å²) in [5.41, 5.74) is 5.56. The van der Waals surface area contributed by atoms with Gasteiger partial charge < -0.3 is 10.8 Å². The number of nitrogens with two attached hydrogens (primary N) is 1. The Kier molecular flexibility index (Phi) is 4.05. The van der Waals surface area contributed by atoms with Crippen LogP contribution in [0.2, 0.25) is 0 Å². The molecular weight excluding hydrogens is 252 g/mol. The number of nitrogens with zero attached hydrogens (tertiary/aromatic N) is 1. The van der Waals surface area contributed by atoms with E-state index in [1.807, 2.05) is 0 Å². The number of hydrogen-bond donors (Lipinski definition) is 2. The predicted molar refractivity (Wildman–Crippen MR) is 71.7 cm³/mol. The molecule has 0 aliphatic heterocycles. The van der Waals surface area contributed by atoms with Crippen LogP contribution in [0.1, 0.15) is 19.4 Å². The van der Waals surface area contributed by atoms with Crippen LogP contribution in [0.15, 0.2) is 23.1 Å². The highest BCUT2D eigenvalue weighted by molar-refractivity contribution is 7.89. The molecule has 1 rings (SSSR count). The van der Waals surface area contributed by atoms with Crippen molar-refractivity contribution >= 4 is 15.7 Å². The van der Waals surface area contributed by atoms with Gasteiger partial charge in [-0.15, -0.1) is 0 Å². The SMILES string of the molecule is Cc1ccc(N)cc1S(=O)(=O)N(C)CC(C)(C)O. The molecule has 6 heteroatoms. The Morgan fingerprint density at radius 3 is 2.44 bits per heavy atom. The molecule has 1 aromatic carbocycles. The number of likely N-dealkylation sites (N-methyl/N-ethyl adjacent to an activating group) is 1. The van der Waals surface area contributed by atoms with E-state index in [-0.39, 0.29) is 11.4 Å². The number of anilines is 1. The van der Waals surface area contributed by atoms with Crippen LogP contribution in [0.5, 0.6) is 0 Å². The number of aryl methyl sites for hydroxylation is 1. The zero-order valence-corrected chi connectivity index (χ0v) is 12.0. The van der Waals surface area contributed by atoms with Gasteiger partial charge in [0.25, 0.3) is 0 Å². The van der Waals surface area contributed by atoms with Gasteiger partial charge in [0.2, 0.25) is 10.0 Å². The third-order valence-electron chi connectivity index (χ3n) is 2.51. The minimum Gasteiger partial charge on any atom is -0.399 e. The molecule has 0 saturated carbocycles. The first-order chi connectivity index (χ1) is 8.04. The van der Waals surface area contributed by atoms with Crippen molar-refractivity contribution in [3.05, 3.63) is 23.8 Å². The molecule has 0 bridgehead atoms. The maximum Gasteiger partial charge on any atom is 0.243 e. The van der Waals surface area contributed by atoms with Crippen LogP contribution in [0.3, 0.4) is 0 Å². The number of benzene rings is 1. The smallest absolute Gasteiger partial charge is 0.243 e. The van der Waals surface area contributed by atoms with E-state index in [1.54, 1.807) is 32.9 Å². The molecule has 102 valence electrons. The predicted octanol–water partition coefficient (Wildman–Crippen LogP) is 0.969. The van der Waals surface area contributed by atoms with Crippen LogP contribution in [-0.4, -0.2) is 37.0 Å². The molecule has 1 aromatic rings. The van der Waals surface area contributed by atoms with Crippen LogP contribution in [0, 0.1) is 6.92 Å². The van der Waals surface area contributed by atoms with E-state index >= 15 is 0 Å². The molecular formula is C12H20N2O3S. The maximum atomic E-state index is 12.3. The molecule has 0 fully saturated rings. The molecule has 0 saturated heterocycles. The van der Waals surface area contributed by atoms with Crippen molar-refractivity contribution in [2.45, 2.75) is 31.3 Å². The van der Waals surface area contributed by atoms with E-state index in [9.17, 15) is 13.5 Å². The van der Waals surface area contributed by atoms with Crippen LogP contribution >= 0.6 is 0 Å². The van der Waals surface area contributed by atoms with Crippen molar-refractivity contribution in [1.82, 2.24) is 4.31 Å². The van der Waals surface area contributed by atoms with Crippen molar-refractivity contribution in [3.63, 3.8) is 0 Å². The Bertz CT molecular complexity index is 533. The number of nitrogen functional groups attached to an aromatic ring is 1. The van der Waals surface area contributed by atoms with Gasteiger partial charge in [-0.3, -0.25) is 0 Å². The van der Waals surface area contributed by atoms with Gasteiger partial charge >= 0.3 is 0 Å². The van der Waals surface area contributed by atoms with Crippen molar-refractivity contribution < 1.29 is 13.5 Å². The van der Waals surface area contributed by atoms with Gasteiger partial charge in [-0.05, 0) is 38.5 Å². The fourth-order valence-electron chi connectivity index (χ4n) is 1.69. The first kappa shape index (κ1) is 14.9. The van der Waals surface area contributed by atoms with Crippen LogP contribution in [0.25, 0.3) is 0 Å². The molecule has 3 N–H and O–H groups in total. The minimum absolute atomic E-state index is 0.0174. The van der Waals surface area contributed by atoms with Crippen molar-refractivity contribution in [1.29, 1.82) is 0 Å². The molecule has 0 radical (unpaired) electrons. The Hall–Kier alpha value is -1.11. The lowest BCUT2D eigenvalue weighted by molar-refractivity contribution is 0.0640. The number of aliphatic hydroxyl groups is 1. The third-order valence-corrected chi connectivity index (χ3v) is 4.46. The zero-order valence-electron chi connectivity index (χ0n) is 11.1. The second-order valence-corrected chi connectivity index (χ2v) is 7.11. The first-order valence-corrected chi connectivity index (χ1v) is 7.03. The summed E-state index contributed by atoms with van der Waals surface area (Å²) in [4.78, 5) is 0.175. The van der Waals surface area contributed by atoms with E-state index in [0.29, 0.717) is 11.3 Å². The molecule has 0 unspecified atom stereocenters. The highest BCUT2D eigenvalue weighted by Gasteiger charge is 2.27. The van der Waals surface area contributed by atoms with Crippen molar-refractivity contribution in [3.8, 4) is 0 Å². The average Bonchev–Trinajstić information content (AvgIpc) is 2.19. The van der Waals surface area contributed by atoms with Crippen molar-refractivity contribution in [2.24, 2.45) is 0 Å². The van der Waals surface area contributed by atoms with E-state index in [0.717, 1.165) is 4.31 Å². The molecule has 0 amide bonds. The second kappa shape index (κ2) is 4.87. The fourth-order valence-corrected chi connectivity index (χ4v) is 3.27. The largest absolute Gasteiger partial charge is 0.399 e. The number of rotatable bonds is 4. The summed E-state index contributed by atoms with van der Waals surface area (Å²) in [5.74, 6) is 0. The van der Waals surface area contributed by atoms with Gasteiger partial charge in [-0.1, -0.05) is 6.07 Å². The highest BCUT2D eigenvalue weighted by atomic mass is 32.2. The summed E-state index contributed by atoms with van der Waals surface area (Å²) < 4.78 is 25.8. The van der Waals surface area contributed by atoms with Gasteiger partial charge in [0.1, 0.15) is 0 Å². The van der Waals surface area contributed by atoms with Crippen LogP contribution in [-0.2, 0) is 10.0 Å². The Labute approximate surface area is 108 Å². The van der Waals surface area contributed by atoms with Gasteiger partial charge in [-0.2, -0.15) is 4.31 Å².